The number of hydrogen-bond donors (Lipinski definition) is 2. The molecule has 6 nitrogen and oxygen atoms in total. The van der Waals surface area contributed by atoms with Crippen molar-refractivity contribution in [1.29, 1.82) is 0 Å². The van der Waals surface area contributed by atoms with Crippen LogP contribution in [0.2, 0.25) is 0 Å². The summed E-state index contributed by atoms with van der Waals surface area (Å²) in [5.74, 6) is 0.480. The first-order valence-corrected chi connectivity index (χ1v) is 16.5. The molecule has 1 aromatic carbocycles. The van der Waals surface area contributed by atoms with Crippen molar-refractivity contribution in [1.82, 2.24) is 25.1 Å². The van der Waals surface area contributed by atoms with E-state index in [0.29, 0.717) is 5.70 Å². The zero-order chi connectivity index (χ0) is 32.6. The Morgan fingerprint density at radius 1 is 1.13 bits per heavy atom. The summed E-state index contributed by atoms with van der Waals surface area (Å²) in [4.78, 5) is 11.5. The fourth-order valence-electron chi connectivity index (χ4n) is 6.45. The monoisotopic (exact) mass is 618 g/mol. The maximum Gasteiger partial charge on any atom is 0.124 e. The standard InChI is InChI=1S/C39H47FN6/c1-7-28(19-29-13-10-9-11-14-29)20-31(8-2)36-24-34-37(25-42-36)44-45-39(34)27(4)43-35-16-17-41-38(26(35)3)32-21-30(22-33(40)23-32)15-12-18-46(5)6/h7-8,16-17,20-25,29H,1,4,9-15,18-19H2,2-3,5-6H3,(H,41,43)(H,44,45)/b28-20+,31-8+. The molecule has 0 radical (unpaired) electrons. The number of benzene rings is 1. The maximum atomic E-state index is 14.7. The molecular weight excluding hydrogens is 571 g/mol. The number of hydrogen-bond acceptors (Lipinski definition) is 5. The van der Waals surface area contributed by atoms with Gasteiger partial charge in [0.1, 0.15) is 11.5 Å². The van der Waals surface area contributed by atoms with E-state index in [1.54, 1.807) is 18.3 Å². The minimum Gasteiger partial charge on any atom is -0.354 e. The number of anilines is 1. The van der Waals surface area contributed by atoms with E-state index in [-0.39, 0.29) is 5.82 Å². The SMILES string of the molecule is C=C/C(=C\C(=C/C)c1cc2c(C(=C)Nc3ccnc(-c4cc(F)cc(CCCN(C)C)c4)c3C)n[nH]c2cn1)CC1CCCCC1. The Bertz CT molecular complexity index is 1760. The second kappa shape index (κ2) is 15.3. The lowest BCUT2D eigenvalue weighted by atomic mass is 9.84. The number of fused-ring (bicyclic) bond motifs is 1. The van der Waals surface area contributed by atoms with Crippen molar-refractivity contribution in [2.75, 3.05) is 26.0 Å². The van der Waals surface area contributed by atoms with Crippen molar-refractivity contribution in [2.45, 2.75) is 65.2 Å². The minimum atomic E-state index is -0.252. The van der Waals surface area contributed by atoms with Gasteiger partial charge in [0.2, 0.25) is 0 Å². The summed E-state index contributed by atoms with van der Waals surface area (Å²) < 4.78 is 14.7. The summed E-state index contributed by atoms with van der Waals surface area (Å²) in [6, 6.07) is 9.20. The maximum absolute atomic E-state index is 14.7. The second-order valence-electron chi connectivity index (χ2n) is 12.8. The van der Waals surface area contributed by atoms with Gasteiger partial charge in [0, 0.05) is 22.8 Å². The van der Waals surface area contributed by atoms with E-state index in [9.17, 15) is 4.39 Å². The molecule has 0 bridgehead atoms. The van der Waals surface area contributed by atoms with Gasteiger partial charge >= 0.3 is 0 Å². The summed E-state index contributed by atoms with van der Waals surface area (Å²) >= 11 is 0. The van der Waals surface area contributed by atoms with Gasteiger partial charge in [-0.1, -0.05) is 57.4 Å². The number of nitrogens with one attached hydrogen (secondary N) is 2. The molecule has 4 aromatic rings. The zero-order valence-corrected chi connectivity index (χ0v) is 27.8. The Morgan fingerprint density at radius 2 is 1.93 bits per heavy atom. The van der Waals surface area contributed by atoms with Gasteiger partial charge in [0.05, 0.1) is 28.8 Å². The first-order chi connectivity index (χ1) is 22.2. The fraction of sp³-hybridized carbons (Fsp3) is 0.359. The van der Waals surface area contributed by atoms with E-state index < -0.39 is 0 Å². The fourth-order valence-corrected chi connectivity index (χ4v) is 6.45. The number of halogens is 1. The molecule has 240 valence electrons. The summed E-state index contributed by atoms with van der Waals surface area (Å²) in [7, 11) is 4.10. The van der Waals surface area contributed by atoms with Crippen molar-refractivity contribution >= 4 is 27.9 Å². The van der Waals surface area contributed by atoms with Crippen molar-refractivity contribution in [3.63, 3.8) is 0 Å². The third-order valence-electron chi connectivity index (χ3n) is 8.98. The third kappa shape index (κ3) is 8.07. The molecule has 2 N–H and O–H groups in total. The Morgan fingerprint density at radius 3 is 2.67 bits per heavy atom. The van der Waals surface area contributed by atoms with Gasteiger partial charge < -0.3 is 10.2 Å². The van der Waals surface area contributed by atoms with E-state index in [1.165, 1.54) is 37.7 Å². The smallest absolute Gasteiger partial charge is 0.124 e. The van der Waals surface area contributed by atoms with Gasteiger partial charge in [-0.05, 0) is 118 Å². The van der Waals surface area contributed by atoms with Crippen LogP contribution >= 0.6 is 0 Å². The van der Waals surface area contributed by atoms with E-state index in [1.807, 2.05) is 52.3 Å². The largest absolute Gasteiger partial charge is 0.354 e. The number of aromatic amines is 1. The van der Waals surface area contributed by atoms with Gasteiger partial charge in [-0.15, -0.1) is 0 Å². The molecule has 0 aliphatic heterocycles. The minimum absolute atomic E-state index is 0.252. The summed E-state index contributed by atoms with van der Waals surface area (Å²) in [5, 5.41) is 12.1. The van der Waals surface area contributed by atoms with Crippen LogP contribution in [-0.4, -0.2) is 45.7 Å². The molecule has 0 spiro atoms. The highest BCUT2D eigenvalue weighted by Crippen LogP contribution is 2.33. The summed E-state index contributed by atoms with van der Waals surface area (Å²) in [6.07, 6.45) is 19.3. The average molecular weight is 619 g/mol. The van der Waals surface area contributed by atoms with Crippen molar-refractivity contribution in [3.05, 3.63) is 108 Å². The second-order valence-corrected chi connectivity index (χ2v) is 12.8. The number of allylic oxidation sites excluding steroid dienone is 5. The van der Waals surface area contributed by atoms with Crippen LogP contribution < -0.4 is 5.32 Å². The van der Waals surface area contributed by atoms with Crippen LogP contribution in [0.4, 0.5) is 10.1 Å². The van der Waals surface area contributed by atoms with Crippen molar-refractivity contribution in [3.8, 4) is 11.3 Å². The molecule has 5 rings (SSSR count). The predicted octanol–water partition coefficient (Wildman–Crippen LogP) is 9.53. The van der Waals surface area contributed by atoms with E-state index in [0.717, 1.165) is 87.7 Å². The van der Waals surface area contributed by atoms with E-state index in [2.05, 4.69) is 56.8 Å². The molecule has 0 saturated heterocycles. The summed E-state index contributed by atoms with van der Waals surface area (Å²) in [6.45, 7) is 13.4. The number of aromatic nitrogens is 4. The van der Waals surface area contributed by atoms with Crippen molar-refractivity contribution in [2.24, 2.45) is 5.92 Å². The predicted molar refractivity (Wildman–Crippen MR) is 191 cm³/mol. The lowest BCUT2D eigenvalue weighted by Crippen LogP contribution is -2.13. The quantitative estimate of drug-likeness (QED) is 0.146. The molecule has 0 unspecified atom stereocenters. The Balaban J connectivity index is 1.37. The third-order valence-corrected chi connectivity index (χ3v) is 8.98. The number of nitrogens with zero attached hydrogens (tertiary/aromatic N) is 4. The molecule has 1 saturated carbocycles. The highest BCUT2D eigenvalue weighted by Gasteiger charge is 2.17. The van der Waals surface area contributed by atoms with Crippen LogP contribution in [-0.2, 0) is 6.42 Å². The molecule has 0 atom stereocenters. The lowest BCUT2D eigenvalue weighted by Gasteiger charge is -2.22. The number of aryl methyl sites for hydroxylation is 1. The Labute approximate surface area is 273 Å². The molecule has 3 heterocycles. The highest BCUT2D eigenvalue weighted by atomic mass is 19.1. The molecule has 1 aliphatic rings. The Kier molecular flexibility index (Phi) is 11.0. The molecule has 46 heavy (non-hydrogen) atoms. The van der Waals surface area contributed by atoms with Gasteiger partial charge in [-0.2, -0.15) is 5.10 Å². The zero-order valence-electron chi connectivity index (χ0n) is 27.8. The van der Waals surface area contributed by atoms with E-state index in [4.69, 9.17) is 4.98 Å². The van der Waals surface area contributed by atoms with Crippen LogP contribution in [0, 0.1) is 18.7 Å². The normalized spacial score (nSPS) is 14.7. The molecule has 7 heteroatoms. The van der Waals surface area contributed by atoms with Gasteiger partial charge in [-0.25, -0.2) is 4.39 Å². The molecule has 0 amide bonds. The van der Waals surface area contributed by atoms with Crippen LogP contribution in [0.5, 0.6) is 0 Å². The van der Waals surface area contributed by atoms with Crippen LogP contribution in [0.1, 0.15) is 74.4 Å². The number of rotatable bonds is 13. The first kappa shape index (κ1) is 33.0. The van der Waals surface area contributed by atoms with Crippen LogP contribution in [0.25, 0.3) is 33.4 Å². The number of pyridine rings is 2. The average Bonchev–Trinajstić information content (AvgIpc) is 3.47. The van der Waals surface area contributed by atoms with Crippen molar-refractivity contribution < 1.29 is 4.39 Å². The van der Waals surface area contributed by atoms with Gasteiger partial charge in [-0.3, -0.25) is 15.1 Å². The number of H-pyrrole nitrogens is 1. The van der Waals surface area contributed by atoms with Crippen LogP contribution in [0.3, 0.4) is 0 Å². The first-order valence-electron chi connectivity index (χ1n) is 16.5. The van der Waals surface area contributed by atoms with E-state index >= 15 is 0 Å². The highest BCUT2D eigenvalue weighted by molar-refractivity contribution is 5.94. The molecule has 1 fully saturated rings. The van der Waals surface area contributed by atoms with Crippen LogP contribution in [0.15, 0.2) is 79.7 Å². The Hall–Kier alpha value is -4.36. The molecule has 1 aliphatic carbocycles. The topological polar surface area (TPSA) is 69.7 Å². The molecular formula is C39H47FN6. The molecule has 3 aromatic heterocycles. The van der Waals surface area contributed by atoms with Gasteiger partial charge in [0.15, 0.2) is 0 Å². The van der Waals surface area contributed by atoms with Gasteiger partial charge in [0.25, 0.3) is 0 Å². The lowest BCUT2D eigenvalue weighted by molar-refractivity contribution is 0.358. The summed E-state index contributed by atoms with van der Waals surface area (Å²) in [5.41, 5.74) is 9.61.